The van der Waals surface area contributed by atoms with E-state index in [2.05, 4.69) is 45.9 Å². The second-order valence-electron chi connectivity index (χ2n) is 6.60. The van der Waals surface area contributed by atoms with Crippen LogP contribution in [0.4, 0.5) is 0 Å². The van der Waals surface area contributed by atoms with Crippen molar-refractivity contribution in [3.05, 3.63) is 64.8 Å². The molecule has 0 aromatic heterocycles. The van der Waals surface area contributed by atoms with Gasteiger partial charge in [-0.05, 0) is 83.7 Å². The van der Waals surface area contributed by atoms with E-state index >= 15 is 0 Å². The first-order valence-electron chi connectivity index (χ1n) is 8.79. The van der Waals surface area contributed by atoms with Crippen molar-refractivity contribution in [3.8, 4) is 5.75 Å². The number of allylic oxidation sites excluding steroid dienone is 5. The second kappa shape index (κ2) is 11.3. The quantitative estimate of drug-likeness (QED) is 0.516. The molecule has 1 N–H and O–H groups in total. The largest absolute Gasteiger partial charge is 0.490 e. The Bertz CT molecular complexity index is 630. The minimum absolute atomic E-state index is 0.269. The van der Waals surface area contributed by atoms with Crippen LogP contribution in [0.3, 0.4) is 0 Å². The molecule has 1 aromatic carbocycles. The number of ether oxygens (including phenoxy) is 1. The van der Waals surface area contributed by atoms with Crippen molar-refractivity contribution in [1.29, 1.82) is 0 Å². The molecule has 0 spiro atoms. The third-order valence-corrected chi connectivity index (χ3v) is 3.91. The molecule has 1 rings (SSSR count). The average Bonchev–Trinajstić information content (AvgIpc) is 2.55. The molecule has 0 aliphatic carbocycles. The standard InChI is InChI=1S/C22H30O3/c1-17(2)7-5-8-18(3)9-6-10-19(4)15-16-25-21-13-11-20(12-14-21)22(23)24/h7,9,11-15H,5-6,8,10,16H2,1-4H3,(H,23,24)/b18-9+,19-15+. The van der Waals surface area contributed by atoms with Gasteiger partial charge in [0.15, 0.2) is 0 Å². The summed E-state index contributed by atoms with van der Waals surface area (Å²) in [4.78, 5) is 10.8. The first kappa shape index (κ1) is 20.8. The molecule has 0 saturated carbocycles. The van der Waals surface area contributed by atoms with Crippen molar-refractivity contribution < 1.29 is 14.6 Å². The summed E-state index contributed by atoms with van der Waals surface area (Å²) in [6, 6.07) is 6.48. The Hall–Kier alpha value is -2.29. The lowest BCUT2D eigenvalue weighted by Crippen LogP contribution is -1.98. The number of benzene rings is 1. The normalized spacial score (nSPS) is 12.0. The van der Waals surface area contributed by atoms with E-state index in [1.165, 1.54) is 16.7 Å². The highest BCUT2D eigenvalue weighted by Gasteiger charge is 2.01. The average molecular weight is 342 g/mol. The summed E-state index contributed by atoms with van der Waals surface area (Å²) in [7, 11) is 0. The molecule has 0 aliphatic rings. The van der Waals surface area contributed by atoms with Crippen molar-refractivity contribution in [3.63, 3.8) is 0 Å². The fourth-order valence-corrected chi connectivity index (χ4v) is 2.31. The third kappa shape index (κ3) is 9.55. The van der Waals surface area contributed by atoms with Crippen LogP contribution in [0.1, 0.15) is 63.7 Å². The van der Waals surface area contributed by atoms with Crippen LogP contribution in [0, 0.1) is 0 Å². The molecule has 136 valence electrons. The Balaban J connectivity index is 2.31. The van der Waals surface area contributed by atoms with Crippen LogP contribution in [0.15, 0.2) is 59.2 Å². The first-order valence-corrected chi connectivity index (χ1v) is 8.79. The number of carbonyl (C=O) groups is 1. The first-order chi connectivity index (χ1) is 11.9. The zero-order chi connectivity index (χ0) is 18.7. The van der Waals surface area contributed by atoms with Crippen LogP contribution in [0.25, 0.3) is 0 Å². The van der Waals surface area contributed by atoms with Gasteiger partial charge >= 0.3 is 5.97 Å². The lowest BCUT2D eigenvalue weighted by Gasteiger charge is -2.05. The van der Waals surface area contributed by atoms with Gasteiger partial charge in [0.05, 0.1) is 5.56 Å². The molecule has 0 amide bonds. The monoisotopic (exact) mass is 342 g/mol. The molecule has 0 aliphatic heterocycles. The summed E-state index contributed by atoms with van der Waals surface area (Å²) in [5.41, 5.74) is 4.39. The molecule has 0 radical (unpaired) electrons. The Morgan fingerprint density at radius 2 is 1.48 bits per heavy atom. The summed E-state index contributed by atoms with van der Waals surface area (Å²) in [6.07, 6.45) is 11.0. The third-order valence-electron chi connectivity index (χ3n) is 3.91. The topological polar surface area (TPSA) is 46.5 Å². The summed E-state index contributed by atoms with van der Waals surface area (Å²) < 4.78 is 5.62. The Labute approximate surface area is 151 Å². The van der Waals surface area contributed by atoms with E-state index in [0.717, 1.165) is 25.7 Å². The van der Waals surface area contributed by atoms with Gasteiger partial charge in [0.25, 0.3) is 0 Å². The van der Waals surface area contributed by atoms with Crippen molar-refractivity contribution in [2.75, 3.05) is 6.61 Å². The van der Waals surface area contributed by atoms with Gasteiger partial charge in [0, 0.05) is 0 Å². The highest BCUT2D eigenvalue weighted by atomic mass is 16.5. The van der Waals surface area contributed by atoms with E-state index in [-0.39, 0.29) is 5.56 Å². The van der Waals surface area contributed by atoms with Gasteiger partial charge in [0.1, 0.15) is 12.4 Å². The van der Waals surface area contributed by atoms with Gasteiger partial charge in [-0.25, -0.2) is 4.79 Å². The zero-order valence-corrected chi connectivity index (χ0v) is 15.8. The van der Waals surface area contributed by atoms with Gasteiger partial charge in [-0.2, -0.15) is 0 Å². The predicted molar refractivity (Wildman–Crippen MR) is 104 cm³/mol. The summed E-state index contributed by atoms with van der Waals surface area (Å²) in [5, 5.41) is 8.86. The number of rotatable bonds is 10. The van der Waals surface area contributed by atoms with E-state index in [9.17, 15) is 4.79 Å². The number of hydrogen-bond acceptors (Lipinski definition) is 2. The summed E-state index contributed by atoms with van der Waals surface area (Å²) in [5.74, 6) is -0.240. The molecule has 0 bridgehead atoms. The van der Waals surface area contributed by atoms with Gasteiger partial charge in [-0.15, -0.1) is 0 Å². The molecule has 0 unspecified atom stereocenters. The maximum atomic E-state index is 10.8. The van der Waals surface area contributed by atoms with Crippen LogP contribution >= 0.6 is 0 Å². The van der Waals surface area contributed by atoms with E-state index < -0.39 is 5.97 Å². The van der Waals surface area contributed by atoms with Crippen molar-refractivity contribution in [2.45, 2.75) is 53.4 Å². The minimum Gasteiger partial charge on any atom is -0.490 e. The maximum Gasteiger partial charge on any atom is 0.335 e. The van der Waals surface area contributed by atoms with Crippen molar-refractivity contribution >= 4 is 5.97 Å². The molecule has 25 heavy (non-hydrogen) atoms. The number of hydrogen-bond donors (Lipinski definition) is 1. The minimum atomic E-state index is -0.925. The number of carboxylic acids is 1. The molecule has 0 heterocycles. The van der Waals surface area contributed by atoms with Gasteiger partial charge in [0.2, 0.25) is 0 Å². The summed E-state index contributed by atoms with van der Waals surface area (Å²) >= 11 is 0. The fourth-order valence-electron chi connectivity index (χ4n) is 2.31. The van der Waals surface area contributed by atoms with Crippen LogP contribution in [0.2, 0.25) is 0 Å². The molecule has 3 nitrogen and oxygen atoms in total. The van der Waals surface area contributed by atoms with Crippen molar-refractivity contribution in [1.82, 2.24) is 0 Å². The SMILES string of the molecule is CC(C)=CCC/C(C)=C/CC/C(C)=C/COc1ccc(C(=O)O)cc1. The molecule has 3 heteroatoms. The lowest BCUT2D eigenvalue weighted by atomic mass is 10.1. The van der Waals surface area contributed by atoms with Gasteiger partial charge in [-0.1, -0.05) is 28.9 Å². The van der Waals surface area contributed by atoms with Crippen LogP contribution in [-0.4, -0.2) is 17.7 Å². The Kier molecular flexibility index (Phi) is 9.38. The number of carboxylic acid groups (broad SMARTS) is 1. The molecular weight excluding hydrogens is 312 g/mol. The molecular formula is C22H30O3. The highest BCUT2D eigenvalue weighted by Crippen LogP contribution is 2.14. The van der Waals surface area contributed by atoms with Crippen LogP contribution in [-0.2, 0) is 0 Å². The van der Waals surface area contributed by atoms with Crippen LogP contribution in [0.5, 0.6) is 5.75 Å². The fraction of sp³-hybridized carbons (Fsp3) is 0.409. The Morgan fingerprint density at radius 3 is 2.04 bits per heavy atom. The maximum absolute atomic E-state index is 10.8. The van der Waals surface area contributed by atoms with Gasteiger partial charge < -0.3 is 9.84 Å². The highest BCUT2D eigenvalue weighted by molar-refractivity contribution is 5.87. The van der Waals surface area contributed by atoms with Crippen molar-refractivity contribution in [2.24, 2.45) is 0 Å². The smallest absolute Gasteiger partial charge is 0.335 e. The molecule has 0 fully saturated rings. The predicted octanol–water partition coefficient (Wildman–Crippen LogP) is 6.18. The number of aromatic carboxylic acids is 1. The van der Waals surface area contributed by atoms with E-state index in [1.807, 2.05) is 0 Å². The van der Waals surface area contributed by atoms with E-state index in [4.69, 9.17) is 9.84 Å². The Morgan fingerprint density at radius 1 is 0.920 bits per heavy atom. The van der Waals surface area contributed by atoms with Crippen LogP contribution < -0.4 is 4.74 Å². The molecule has 0 atom stereocenters. The zero-order valence-electron chi connectivity index (χ0n) is 15.8. The molecule has 0 saturated heterocycles. The molecule has 1 aromatic rings. The van der Waals surface area contributed by atoms with E-state index in [1.54, 1.807) is 24.3 Å². The van der Waals surface area contributed by atoms with E-state index in [0.29, 0.717) is 12.4 Å². The lowest BCUT2D eigenvalue weighted by molar-refractivity contribution is 0.0697. The van der Waals surface area contributed by atoms with Gasteiger partial charge in [-0.3, -0.25) is 0 Å². The summed E-state index contributed by atoms with van der Waals surface area (Å²) in [6.45, 7) is 9.08. The second-order valence-corrected chi connectivity index (χ2v) is 6.60.